The third-order valence-corrected chi connectivity index (χ3v) is 6.97. The van der Waals surface area contributed by atoms with Gasteiger partial charge in [-0.1, -0.05) is 29.8 Å². The summed E-state index contributed by atoms with van der Waals surface area (Å²) in [5, 5.41) is 7.78. The van der Waals surface area contributed by atoms with E-state index in [1.807, 2.05) is 29.2 Å². The zero-order valence-corrected chi connectivity index (χ0v) is 17.3. The van der Waals surface area contributed by atoms with Crippen LogP contribution in [0.3, 0.4) is 0 Å². The molecule has 2 aromatic rings. The van der Waals surface area contributed by atoms with Gasteiger partial charge in [-0.3, -0.25) is 9.69 Å². The minimum absolute atomic E-state index is 0.100. The Labute approximate surface area is 170 Å². The first-order valence-electron chi connectivity index (χ1n) is 9.14. The Morgan fingerprint density at radius 3 is 2.57 bits per heavy atom. The molecule has 28 heavy (non-hydrogen) atoms. The van der Waals surface area contributed by atoms with Crippen LogP contribution in [0.2, 0.25) is 5.02 Å². The molecule has 1 amide bonds. The maximum absolute atomic E-state index is 12.4. The maximum Gasteiger partial charge on any atom is 0.239 e. The highest BCUT2D eigenvalue weighted by Crippen LogP contribution is 2.18. The van der Waals surface area contributed by atoms with Gasteiger partial charge in [0, 0.05) is 37.3 Å². The fourth-order valence-corrected chi connectivity index (χ4v) is 4.37. The Balaban J connectivity index is 1.54. The van der Waals surface area contributed by atoms with E-state index in [1.54, 1.807) is 23.9 Å². The molecule has 1 fully saturated rings. The number of rotatable bonds is 7. The molecule has 0 aliphatic carbocycles. The predicted molar refractivity (Wildman–Crippen MR) is 109 cm³/mol. The van der Waals surface area contributed by atoms with Crippen LogP contribution in [-0.4, -0.2) is 71.8 Å². The molecular formula is C18H24ClN5O3S. The third-order valence-electron chi connectivity index (χ3n) is 4.72. The molecule has 1 aromatic heterocycles. The molecule has 0 unspecified atom stereocenters. The van der Waals surface area contributed by atoms with Crippen molar-refractivity contribution in [3.63, 3.8) is 0 Å². The molecule has 1 aliphatic heterocycles. The smallest absolute Gasteiger partial charge is 0.239 e. The summed E-state index contributed by atoms with van der Waals surface area (Å²) in [6.07, 6.45) is 1.63. The summed E-state index contributed by atoms with van der Waals surface area (Å²) < 4.78 is 27.0. The zero-order chi connectivity index (χ0) is 20.1. The van der Waals surface area contributed by atoms with Crippen molar-refractivity contribution in [2.24, 2.45) is 0 Å². The van der Waals surface area contributed by atoms with Crippen molar-refractivity contribution in [3.8, 4) is 0 Å². The summed E-state index contributed by atoms with van der Waals surface area (Å²) >= 11 is 6.20. The number of piperazine rings is 1. The molecule has 10 heteroatoms. The first kappa shape index (κ1) is 20.8. The standard InChI is InChI=1S/C18H24ClN5O3S/c1-2-28(26,27)23-11-9-22(10-12-23)14-18(25)21-17-7-8-20-24(17)13-15-5-3-4-6-16(15)19/h3-8H,2,9-14H2,1H3,(H,21,25). The van der Waals surface area contributed by atoms with Gasteiger partial charge >= 0.3 is 0 Å². The summed E-state index contributed by atoms with van der Waals surface area (Å²) in [5.41, 5.74) is 0.914. The van der Waals surface area contributed by atoms with Crippen molar-refractivity contribution in [1.29, 1.82) is 0 Å². The number of aromatic nitrogens is 2. The molecule has 1 aliphatic rings. The number of nitrogens with zero attached hydrogens (tertiary/aromatic N) is 4. The lowest BCUT2D eigenvalue weighted by molar-refractivity contribution is -0.117. The number of anilines is 1. The normalized spacial score (nSPS) is 16.2. The lowest BCUT2D eigenvalue weighted by atomic mass is 10.2. The van der Waals surface area contributed by atoms with Gasteiger partial charge in [0.1, 0.15) is 5.82 Å². The molecule has 0 atom stereocenters. The Hall–Kier alpha value is -1.94. The molecule has 1 saturated heterocycles. The fourth-order valence-electron chi connectivity index (χ4n) is 3.09. The minimum Gasteiger partial charge on any atom is -0.310 e. The van der Waals surface area contributed by atoms with Gasteiger partial charge < -0.3 is 5.32 Å². The van der Waals surface area contributed by atoms with Gasteiger partial charge in [-0.05, 0) is 18.6 Å². The largest absolute Gasteiger partial charge is 0.310 e. The number of amides is 1. The zero-order valence-electron chi connectivity index (χ0n) is 15.7. The molecule has 8 nitrogen and oxygen atoms in total. The summed E-state index contributed by atoms with van der Waals surface area (Å²) in [6, 6.07) is 9.24. The molecule has 2 heterocycles. The number of sulfonamides is 1. The van der Waals surface area contributed by atoms with Crippen molar-refractivity contribution < 1.29 is 13.2 Å². The Bertz CT molecular complexity index is 923. The number of benzene rings is 1. The summed E-state index contributed by atoms with van der Waals surface area (Å²) in [7, 11) is -3.17. The Morgan fingerprint density at radius 1 is 1.18 bits per heavy atom. The first-order valence-corrected chi connectivity index (χ1v) is 11.1. The molecule has 0 bridgehead atoms. The van der Waals surface area contributed by atoms with Crippen molar-refractivity contribution in [1.82, 2.24) is 19.0 Å². The highest BCUT2D eigenvalue weighted by atomic mass is 35.5. The van der Waals surface area contributed by atoms with Crippen LogP contribution in [0.15, 0.2) is 36.5 Å². The van der Waals surface area contributed by atoms with Crippen molar-refractivity contribution >= 4 is 33.3 Å². The van der Waals surface area contributed by atoms with Crippen LogP contribution in [0, 0.1) is 0 Å². The Kier molecular flexibility index (Phi) is 6.71. The molecular weight excluding hydrogens is 402 g/mol. The van der Waals surface area contributed by atoms with E-state index in [2.05, 4.69) is 10.4 Å². The van der Waals surface area contributed by atoms with Crippen LogP contribution in [-0.2, 0) is 21.4 Å². The molecule has 1 N–H and O–H groups in total. The summed E-state index contributed by atoms with van der Waals surface area (Å²) in [5.74, 6) is 0.535. The quantitative estimate of drug-likeness (QED) is 0.726. The van der Waals surface area contributed by atoms with Gasteiger partial charge in [-0.15, -0.1) is 0 Å². The predicted octanol–water partition coefficient (Wildman–Crippen LogP) is 1.49. The van der Waals surface area contributed by atoms with E-state index < -0.39 is 10.0 Å². The van der Waals surface area contributed by atoms with Crippen LogP contribution < -0.4 is 5.32 Å². The van der Waals surface area contributed by atoms with Gasteiger partial charge in [-0.2, -0.15) is 9.40 Å². The third kappa shape index (κ3) is 5.11. The number of carbonyl (C=O) groups excluding carboxylic acids is 1. The summed E-state index contributed by atoms with van der Waals surface area (Å²) in [4.78, 5) is 14.4. The van der Waals surface area contributed by atoms with E-state index >= 15 is 0 Å². The fraction of sp³-hybridized carbons (Fsp3) is 0.444. The van der Waals surface area contributed by atoms with Crippen LogP contribution >= 0.6 is 11.6 Å². The number of halogens is 1. The van der Waals surface area contributed by atoms with Gasteiger partial charge in [0.15, 0.2) is 0 Å². The average Bonchev–Trinajstić information content (AvgIpc) is 3.10. The number of hydrogen-bond donors (Lipinski definition) is 1. The second kappa shape index (κ2) is 9.04. The molecule has 3 rings (SSSR count). The van der Waals surface area contributed by atoms with Crippen LogP contribution in [0.4, 0.5) is 5.82 Å². The molecule has 0 radical (unpaired) electrons. The summed E-state index contributed by atoms with van der Waals surface area (Å²) in [6.45, 7) is 4.19. The second-order valence-electron chi connectivity index (χ2n) is 6.59. The molecule has 0 spiro atoms. The first-order chi connectivity index (χ1) is 13.4. The van der Waals surface area contributed by atoms with Crippen molar-refractivity contribution in [2.75, 3.05) is 43.8 Å². The number of nitrogens with one attached hydrogen (secondary N) is 1. The van der Waals surface area contributed by atoms with Crippen molar-refractivity contribution in [2.45, 2.75) is 13.5 Å². The highest BCUT2D eigenvalue weighted by molar-refractivity contribution is 7.89. The molecule has 152 valence electrons. The van der Waals surface area contributed by atoms with Crippen molar-refractivity contribution in [3.05, 3.63) is 47.1 Å². The minimum atomic E-state index is -3.17. The van der Waals surface area contributed by atoms with Crippen LogP contribution in [0.1, 0.15) is 12.5 Å². The van der Waals surface area contributed by atoms with Crippen LogP contribution in [0.5, 0.6) is 0 Å². The van der Waals surface area contributed by atoms with Gasteiger partial charge in [0.2, 0.25) is 15.9 Å². The lowest BCUT2D eigenvalue weighted by Gasteiger charge is -2.33. The SMILES string of the molecule is CCS(=O)(=O)N1CCN(CC(=O)Nc2ccnn2Cc2ccccc2Cl)CC1. The van der Waals surface area contributed by atoms with Gasteiger partial charge in [-0.25, -0.2) is 13.1 Å². The van der Waals surface area contributed by atoms with E-state index in [0.717, 1.165) is 5.56 Å². The highest BCUT2D eigenvalue weighted by Gasteiger charge is 2.26. The van der Waals surface area contributed by atoms with E-state index in [4.69, 9.17) is 11.6 Å². The second-order valence-corrected chi connectivity index (χ2v) is 9.25. The lowest BCUT2D eigenvalue weighted by Crippen LogP contribution is -2.50. The molecule has 0 saturated carbocycles. The van der Waals surface area contributed by atoms with E-state index in [9.17, 15) is 13.2 Å². The van der Waals surface area contributed by atoms with Gasteiger partial charge in [0.25, 0.3) is 0 Å². The Morgan fingerprint density at radius 2 is 1.89 bits per heavy atom. The number of hydrogen-bond acceptors (Lipinski definition) is 5. The van der Waals surface area contributed by atoms with Gasteiger partial charge in [0.05, 0.1) is 25.0 Å². The van der Waals surface area contributed by atoms with E-state index in [-0.39, 0.29) is 18.2 Å². The maximum atomic E-state index is 12.4. The number of carbonyl (C=O) groups is 1. The molecule has 1 aromatic carbocycles. The monoisotopic (exact) mass is 425 g/mol. The van der Waals surface area contributed by atoms with E-state index in [1.165, 1.54) is 4.31 Å². The van der Waals surface area contributed by atoms with E-state index in [0.29, 0.717) is 43.6 Å². The topological polar surface area (TPSA) is 87.5 Å². The van der Waals surface area contributed by atoms with Crippen LogP contribution in [0.25, 0.3) is 0 Å². The average molecular weight is 426 g/mol.